The summed E-state index contributed by atoms with van der Waals surface area (Å²) in [7, 11) is 0. The van der Waals surface area contributed by atoms with Crippen molar-refractivity contribution in [3.8, 4) is 0 Å². The Kier molecular flexibility index (Phi) is 8.04. The molecule has 0 aliphatic heterocycles. The molecule has 4 nitrogen and oxygen atoms in total. The summed E-state index contributed by atoms with van der Waals surface area (Å²) in [6.07, 6.45) is -0.336. The fourth-order valence-corrected chi connectivity index (χ4v) is 2.47. The molecule has 0 aliphatic rings. The fourth-order valence-electron chi connectivity index (χ4n) is 2.05. The molecule has 0 spiro atoms. The molecule has 1 rings (SSSR count). The summed E-state index contributed by atoms with van der Waals surface area (Å²) in [6.45, 7) is 6.20. The lowest BCUT2D eigenvalue weighted by molar-refractivity contribution is -0.130. The van der Waals surface area contributed by atoms with Crippen LogP contribution in [0.4, 0.5) is 0 Å². The highest BCUT2D eigenvalue weighted by atomic mass is 35.5. The number of carbonyl (C=O) groups excluding carboxylic acids is 1. The van der Waals surface area contributed by atoms with Crippen LogP contribution < -0.4 is 5.32 Å². The number of aliphatic hydroxyl groups excluding tert-OH is 1. The van der Waals surface area contributed by atoms with Gasteiger partial charge in [-0.1, -0.05) is 23.2 Å². The van der Waals surface area contributed by atoms with Gasteiger partial charge >= 0.3 is 0 Å². The van der Waals surface area contributed by atoms with Crippen LogP contribution in [-0.2, 0) is 4.79 Å². The molecule has 6 heteroatoms. The minimum absolute atomic E-state index is 0.114. The Balaban J connectivity index is 2.39. The maximum Gasteiger partial charge on any atom is 0.223 e. The molecular weight excluding hydrogens is 311 g/mol. The maximum atomic E-state index is 11.8. The van der Waals surface area contributed by atoms with Gasteiger partial charge in [0.25, 0.3) is 0 Å². The fraction of sp³-hybridized carbons (Fsp3) is 0.533. The molecule has 0 aromatic heterocycles. The van der Waals surface area contributed by atoms with Crippen molar-refractivity contribution < 1.29 is 9.90 Å². The van der Waals surface area contributed by atoms with Gasteiger partial charge in [0.05, 0.1) is 6.10 Å². The first-order valence-electron chi connectivity index (χ1n) is 7.11. The number of nitrogens with one attached hydrogen (secondary N) is 1. The monoisotopic (exact) mass is 332 g/mol. The number of nitrogens with zero attached hydrogens (tertiary/aromatic N) is 1. The Morgan fingerprint density at radius 3 is 2.62 bits per heavy atom. The van der Waals surface area contributed by atoms with Crippen LogP contribution in [-0.4, -0.2) is 42.1 Å². The number of aliphatic hydroxyl groups is 1. The Bertz CT molecular complexity index is 465. The second kappa shape index (κ2) is 9.26. The minimum atomic E-state index is -0.750. The number of halogens is 2. The highest BCUT2D eigenvalue weighted by Crippen LogP contribution is 2.25. The van der Waals surface area contributed by atoms with Gasteiger partial charge in [0.1, 0.15) is 0 Å². The number of hydrogen-bond acceptors (Lipinski definition) is 3. The topological polar surface area (TPSA) is 52.6 Å². The molecule has 1 amide bonds. The number of carbonyl (C=O) groups is 1. The molecule has 0 saturated heterocycles. The number of amides is 1. The largest absolute Gasteiger partial charge is 0.387 e. The molecular formula is C15H22Cl2N2O2. The van der Waals surface area contributed by atoms with Crippen molar-refractivity contribution in [3.05, 3.63) is 33.8 Å². The van der Waals surface area contributed by atoms with Crippen molar-refractivity contribution in [2.75, 3.05) is 26.2 Å². The van der Waals surface area contributed by atoms with E-state index in [0.717, 1.165) is 13.1 Å². The van der Waals surface area contributed by atoms with Gasteiger partial charge in [-0.3, -0.25) is 4.79 Å². The molecule has 0 heterocycles. The van der Waals surface area contributed by atoms with E-state index in [1.165, 1.54) is 0 Å². The van der Waals surface area contributed by atoms with Crippen LogP contribution in [0.15, 0.2) is 18.2 Å². The first kappa shape index (κ1) is 18.2. The number of hydrogen-bond donors (Lipinski definition) is 2. The third kappa shape index (κ3) is 5.83. The highest BCUT2D eigenvalue weighted by Gasteiger charge is 2.13. The van der Waals surface area contributed by atoms with E-state index in [4.69, 9.17) is 23.2 Å². The van der Waals surface area contributed by atoms with E-state index in [9.17, 15) is 9.90 Å². The van der Waals surface area contributed by atoms with Gasteiger partial charge in [0.2, 0.25) is 5.91 Å². The van der Waals surface area contributed by atoms with Crippen molar-refractivity contribution in [2.24, 2.45) is 0 Å². The van der Waals surface area contributed by atoms with E-state index in [2.05, 4.69) is 5.32 Å². The van der Waals surface area contributed by atoms with Crippen LogP contribution in [0, 0.1) is 0 Å². The zero-order valence-corrected chi connectivity index (χ0v) is 13.9. The van der Waals surface area contributed by atoms with Gasteiger partial charge in [-0.2, -0.15) is 0 Å². The highest BCUT2D eigenvalue weighted by molar-refractivity contribution is 6.33. The van der Waals surface area contributed by atoms with Crippen LogP contribution in [0.3, 0.4) is 0 Å². The predicted molar refractivity (Wildman–Crippen MR) is 86.8 cm³/mol. The number of rotatable bonds is 8. The second-order valence-corrected chi connectivity index (χ2v) is 5.55. The van der Waals surface area contributed by atoms with Gasteiger partial charge in [0.15, 0.2) is 0 Å². The summed E-state index contributed by atoms with van der Waals surface area (Å²) in [4.78, 5) is 13.6. The summed E-state index contributed by atoms with van der Waals surface area (Å²) >= 11 is 11.9. The molecule has 2 N–H and O–H groups in total. The van der Waals surface area contributed by atoms with E-state index in [1.54, 1.807) is 23.1 Å². The minimum Gasteiger partial charge on any atom is -0.387 e. The Hall–Kier alpha value is -0.810. The molecule has 0 aliphatic carbocycles. The lowest BCUT2D eigenvalue weighted by Crippen LogP contribution is -2.33. The summed E-state index contributed by atoms with van der Waals surface area (Å²) in [5.41, 5.74) is 0.590. The predicted octanol–water partition coefficient (Wildman–Crippen LogP) is 2.87. The summed E-state index contributed by atoms with van der Waals surface area (Å²) in [6, 6.07) is 4.99. The van der Waals surface area contributed by atoms with Crippen molar-refractivity contribution in [1.82, 2.24) is 10.2 Å². The molecule has 0 saturated carbocycles. The third-order valence-electron chi connectivity index (χ3n) is 3.29. The molecule has 118 valence electrons. The third-order valence-corrected chi connectivity index (χ3v) is 3.87. The Labute approximate surface area is 136 Å². The average molecular weight is 333 g/mol. The van der Waals surface area contributed by atoms with E-state index >= 15 is 0 Å². The van der Waals surface area contributed by atoms with Gasteiger partial charge in [-0.15, -0.1) is 0 Å². The van der Waals surface area contributed by atoms with Gasteiger partial charge in [0, 0.05) is 48.2 Å². The summed E-state index contributed by atoms with van der Waals surface area (Å²) < 4.78 is 0. The summed E-state index contributed by atoms with van der Waals surface area (Å²) in [5, 5.41) is 14.2. The molecule has 1 aromatic carbocycles. The van der Waals surface area contributed by atoms with Crippen molar-refractivity contribution >= 4 is 29.1 Å². The lowest BCUT2D eigenvalue weighted by atomic mass is 10.1. The maximum absolute atomic E-state index is 11.8. The SMILES string of the molecule is CCN(CC)C(=O)CCNCC(O)c1cc(Cl)ccc1Cl. The quantitative estimate of drug-likeness (QED) is 0.719. The van der Waals surface area contributed by atoms with E-state index in [0.29, 0.717) is 35.1 Å². The first-order chi connectivity index (χ1) is 9.99. The molecule has 0 radical (unpaired) electrons. The molecule has 1 unspecified atom stereocenters. The number of benzene rings is 1. The Morgan fingerprint density at radius 1 is 1.33 bits per heavy atom. The molecule has 21 heavy (non-hydrogen) atoms. The zero-order chi connectivity index (χ0) is 15.8. The molecule has 0 bridgehead atoms. The standard InChI is InChI=1S/C15H22Cl2N2O2/c1-3-19(4-2)15(21)7-8-18-10-14(20)12-9-11(16)5-6-13(12)17/h5-6,9,14,18,20H,3-4,7-8,10H2,1-2H3. The van der Waals surface area contributed by atoms with Crippen molar-refractivity contribution in [1.29, 1.82) is 0 Å². The Morgan fingerprint density at radius 2 is 2.00 bits per heavy atom. The van der Waals surface area contributed by atoms with Crippen LogP contribution in [0.25, 0.3) is 0 Å². The van der Waals surface area contributed by atoms with Crippen LogP contribution >= 0.6 is 23.2 Å². The van der Waals surface area contributed by atoms with E-state index in [1.807, 2.05) is 13.8 Å². The van der Waals surface area contributed by atoms with Crippen molar-refractivity contribution in [3.63, 3.8) is 0 Å². The van der Waals surface area contributed by atoms with Gasteiger partial charge < -0.3 is 15.3 Å². The van der Waals surface area contributed by atoms with E-state index < -0.39 is 6.10 Å². The summed E-state index contributed by atoms with van der Waals surface area (Å²) in [5.74, 6) is 0.114. The average Bonchev–Trinajstić information content (AvgIpc) is 2.47. The van der Waals surface area contributed by atoms with Crippen molar-refractivity contribution in [2.45, 2.75) is 26.4 Å². The van der Waals surface area contributed by atoms with Crippen LogP contribution in [0.1, 0.15) is 31.9 Å². The van der Waals surface area contributed by atoms with Gasteiger partial charge in [-0.05, 0) is 32.0 Å². The zero-order valence-electron chi connectivity index (χ0n) is 12.4. The normalized spacial score (nSPS) is 12.2. The molecule has 0 fully saturated rings. The molecule has 1 atom stereocenters. The second-order valence-electron chi connectivity index (χ2n) is 4.70. The van der Waals surface area contributed by atoms with Crippen LogP contribution in [0.5, 0.6) is 0 Å². The molecule has 1 aromatic rings. The lowest BCUT2D eigenvalue weighted by Gasteiger charge is -2.19. The smallest absolute Gasteiger partial charge is 0.223 e. The van der Waals surface area contributed by atoms with Crippen LogP contribution in [0.2, 0.25) is 10.0 Å². The van der Waals surface area contributed by atoms with E-state index in [-0.39, 0.29) is 5.91 Å². The first-order valence-corrected chi connectivity index (χ1v) is 7.86. The van der Waals surface area contributed by atoms with Gasteiger partial charge in [-0.25, -0.2) is 0 Å².